The molecule has 2 heteroatoms. The quantitative estimate of drug-likeness (QED) is 0.668. The second-order valence-electron chi connectivity index (χ2n) is 4.56. The Labute approximate surface area is 116 Å². The molecule has 0 radical (unpaired) electrons. The molecule has 0 saturated carbocycles. The number of allylic oxidation sites excluding steroid dienone is 1. The maximum atomic E-state index is 4.23. The first-order chi connectivity index (χ1) is 9.20. The highest BCUT2D eigenvalue weighted by Crippen LogP contribution is 2.37. The predicted molar refractivity (Wildman–Crippen MR) is 83.1 cm³/mol. The summed E-state index contributed by atoms with van der Waals surface area (Å²) < 4.78 is 2.26. The molecule has 0 aliphatic carbocycles. The zero-order chi connectivity index (χ0) is 14.0. The molecule has 1 aliphatic heterocycles. The average Bonchev–Trinajstić information content (AvgIpc) is 2.93. The highest BCUT2D eigenvalue weighted by Gasteiger charge is 2.24. The van der Waals surface area contributed by atoms with Gasteiger partial charge in [-0.3, -0.25) is 0 Å². The van der Waals surface area contributed by atoms with E-state index < -0.39 is 0 Å². The Morgan fingerprint density at radius 2 is 1.63 bits per heavy atom. The van der Waals surface area contributed by atoms with Gasteiger partial charge in [-0.05, 0) is 24.3 Å². The molecule has 1 aliphatic rings. The van der Waals surface area contributed by atoms with Crippen molar-refractivity contribution in [1.82, 2.24) is 4.57 Å². The predicted octanol–water partition coefficient (Wildman–Crippen LogP) is 4.57. The standard InChI is InChI=1S/C15H16N2.C2H6/c1-11-12(2)16(3)14-7-4-5-8-15(14)17-10-6-9-13(11)17;1-2/h4-11H,2H2,1,3H3;1-2H3. The van der Waals surface area contributed by atoms with E-state index in [1.807, 2.05) is 13.8 Å². The second kappa shape index (κ2) is 5.35. The Morgan fingerprint density at radius 1 is 1.00 bits per heavy atom. The monoisotopic (exact) mass is 254 g/mol. The molecule has 1 aromatic heterocycles. The van der Waals surface area contributed by atoms with Crippen molar-refractivity contribution in [2.24, 2.45) is 0 Å². The van der Waals surface area contributed by atoms with E-state index in [0.29, 0.717) is 5.92 Å². The Bertz CT molecular complexity index is 580. The van der Waals surface area contributed by atoms with Crippen LogP contribution < -0.4 is 4.90 Å². The molecule has 1 atom stereocenters. The lowest BCUT2D eigenvalue weighted by atomic mass is 10.0. The van der Waals surface area contributed by atoms with E-state index in [2.05, 4.69) is 72.6 Å². The molecule has 2 nitrogen and oxygen atoms in total. The molecule has 0 saturated heterocycles. The first kappa shape index (κ1) is 13.5. The van der Waals surface area contributed by atoms with Crippen molar-refractivity contribution in [2.75, 3.05) is 11.9 Å². The van der Waals surface area contributed by atoms with Gasteiger partial charge in [0.05, 0.1) is 11.4 Å². The first-order valence-corrected chi connectivity index (χ1v) is 6.89. The van der Waals surface area contributed by atoms with Gasteiger partial charge in [-0.25, -0.2) is 0 Å². The lowest BCUT2D eigenvalue weighted by molar-refractivity contribution is 0.807. The molecule has 1 unspecified atom stereocenters. The molecule has 1 aromatic carbocycles. The Kier molecular flexibility index (Phi) is 3.79. The van der Waals surface area contributed by atoms with Gasteiger partial charge in [-0.1, -0.05) is 39.5 Å². The number of hydrogen-bond donors (Lipinski definition) is 0. The average molecular weight is 254 g/mol. The molecule has 0 fully saturated rings. The van der Waals surface area contributed by atoms with Crippen LogP contribution in [0.15, 0.2) is 54.9 Å². The van der Waals surface area contributed by atoms with E-state index in [1.54, 1.807) is 0 Å². The maximum Gasteiger partial charge on any atom is 0.0690 e. The van der Waals surface area contributed by atoms with Gasteiger partial charge in [0.1, 0.15) is 0 Å². The normalized spacial score (nSPS) is 16.9. The van der Waals surface area contributed by atoms with Gasteiger partial charge in [0.15, 0.2) is 0 Å². The summed E-state index contributed by atoms with van der Waals surface area (Å²) in [5.41, 5.74) is 4.86. The third-order valence-corrected chi connectivity index (χ3v) is 3.66. The smallest absolute Gasteiger partial charge is 0.0690 e. The van der Waals surface area contributed by atoms with Gasteiger partial charge in [-0.2, -0.15) is 0 Å². The Hall–Kier alpha value is -1.96. The van der Waals surface area contributed by atoms with E-state index in [4.69, 9.17) is 0 Å². The van der Waals surface area contributed by atoms with E-state index in [0.717, 1.165) is 5.70 Å². The van der Waals surface area contributed by atoms with Crippen LogP contribution in [0.3, 0.4) is 0 Å². The molecule has 2 aromatic rings. The van der Waals surface area contributed by atoms with Gasteiger partial charge < -0.3 is 9.47 Å². The number of aromatic nitrogens is 1. The molecular weight excluding hydrogens is 232 g/mol. The SMILES string of the molecule is C=C1C(C)c2cccn2-c2ccccc2N1C.CC. The van der Waals surface area contributed by atoms with Crippen LogP contribution in [0.2, 0.25) is 0 Å². The minimum atomic E-state index is 0.336. The highest BCUT2D eigenvalue weighted by molar-refractivity contribution is 5.68. The number of hydrogen-bond acceptors (Lipinski definition) is 1. The van der Waals surface area contributed by atoms with E-state index >= 15 is 0 Å². The molecule has 0 N–H and O–H groups in total. The number of rotatable bonds is 0. The van der Waals surface area contributed by atoms with E-state index in [-0.39, 0.29) is 0 Å². The molecule has 19 heavy (non-hydrogen) atoms. The molecule has 100 valence electrons. The number of likely N-dealkylation sites (N-methyl/N-ethyl adjacent to an activating group) is 1. The fourth-order valence-corrected chi connectivity index (χ4v) is 2.53. The number of benzene rings is 1. The third kappa shape index (κ3) is 2.07. The van der Waals surface area contributed by atoms with Crippen LogP contribution in [-0.2, 0) is 0 Å². The molecule has 3 rings (SSSR count). The van der Waals surface area contributed by atoms with Crippen molar-refractivity contribution >= 4 is 5.69 Å². The van der Waals surface area contributed by atoms with Crippen LogP contribution in [0.1, 0.15) is 32.4 Å². The van der Waals surface area contributed by atoms with Crippen molar-refractivity contribution in [1.29, 1.82) is 0 Å². The summed E-state index contributed by atoms with van der Waals surface area (Å²) >= 11 is 0. The summed E-state index contributed by atoms with van der Waals surface area (Å²) in [7, 11) is 2.09. The molecule has 0 spiro atoms. The number of para-hydroxylation sites is 2. The van der Waals surface area contributed by atoms with E-state index in [9.17, 15) is 0 Å². The zero-order valence-electron chi connectivity index (χ0n) is 12.2. The molecule has 2 heterocycles. The lowest BCUT2D eigenvalue weighted by Crippen LogP contribution is -2.18. The van der Waals surface area contributed by atoms with Crippen LogP contribution >= 0.6 is 0 Å². The zero-order valence-corrected chi connectivity index (χ0v) is 12.2. The summed E-state index contributed by atoms with van der Waals surface area (Å²) in [6.07, 6.45) is 2.12. The van der Waals surface area contributed by atoms with Gasteiger partial charge in [0.2, 0.25) is 0 Å². The number of anilines is 1. The molecule has 0 amide bonds. The topological polar surface area (TPSA) is 8.17 Å². The Balaban J connectivity index is 0.000000637. The van der Waals surface area contributed by atoms with Gasteiger partial charge >= 0.3 is 0 Å². The Morgan fingerprint density at radius 3 is 2.32 bits per heavy atom. The highest BCUT2D eigenvalue weighted by atomic mass is 15.2. The van der Waals surface area contributed by atoms with Crippen molar-refractivity contribution < 1.29 is 0 Å². The fraction of sp³-hybridized carbons (Fsp3) is 0.294. The number of fused-ring (bicyclic) bond motifs is 3. The van der Waals surface area contributed by atoms with Crippen LogP contribution in [-0.4, -0.2) is 11.6 Å². The summed E-state index contributed by atoms with van der Waals surface area (Å²) in [5, 5.41) is 0. The van der Waals surface area contributed by atoms with Gasteiger partial charge in [0.25, 0.3) is 0 Å². The van der Waals surface area contributed by atoms with Crippen molar-refractivity contribution in [3.63, 3.8) is 0 Å². The van der Waals surface area contributed by atoms with E-state index in [1.165, 1.54) is 17.1 Å². The van der Waals surface area contributed by atoms with Crippen molar-refractivity contribution in [3.8, 4) is 5.69 Å². The van der Waals surface area contributed by atoms with Gasteiger partial charge in [-0.15, -0.1) is 0 Å². The van der Waals surface area contributed by atoms with Crippen LogP contribution in [0.5, 0.6) is 0 Å². The number of nitrogens with zero attached hydrogens (tertiary/aromatic N) is 2. The molecule has 0 bridgehead atoms. The van der Waals surface area contributed by atoms with Gasteiger partial charge in [0, 0.05) is 30.6 Å². The third-order valence-electron chi connectivity index (χ3n) is 3.66. The lowest BCUT2D eigenvalue weighted by Gasteiger charge is -2.23. The minimum Gasteiger partial charge on any atom is -0.346 e. The molecular formula is C17H22N2. The minimum absolute atomic E-state index is 0.336. The van der Waals surface area contributed by atoms with Crippen LogP contribution in [0, 0.1) is 0 Å². The van der Waals surface area contributed by atoms with Crippen LogP contribution in [0.25, 0.3) is 5.69 Å². The summed E-state index contributed by atoms with van der Waals surface area (Å²) in [4.78, 5) is 2.19. The summed E-state index contributed by atoms with van der Waals surface area (Å²) in [5.74, 6) is 0.336. The first-order valence-electron chi connectivity index (χ1n) is 6.89. The van der Waals surface area contributed by atoms with Crippen molar-refractivity contribution in [2.45, 2.75) is 26.7 Å². The second-order valence-corrected chi connectivity index (χ2v) is 4.56. The van der Waals surface area contributed by atoms with Crippen molar-refractivity contribution in [3.05, 3.63) is 60.6 Å². The largest absolute Gasteiger partial charge is 0.346 e. The van der Waals surface area contributed by atoms with Crippen LogP contribution in [0.4, 0.5) is 5.69 Å². The summed E-state index contributed by atoms with van der Waals surface area (Å²) in [6, 6.07) is 12.7. The fourth-order valence-electron chi connectivity index (χ4n) is 2.53. The maximum absolute atomic E-state index is 4.23. The summed E-state index contributed by atoms with van der Waals surface area (Å²) in [6.45, 7) is 10.4.